The number of nitrogens with one attached hydrogen (secondary N) is 1. The number of carbonyl (C=O) groups excluding carboxylic acids is 4. The Kier molecular flexibility index (Phi) is 8.78. The lowest BCUT2D eigenvalue weighted by Crippen LogP contribution is -2.66. The Morgan fingerprint density at radius 1 is 0.857 bits per heavy atom. The molecule has 2 aromatic rings. The van der Waals surface area contributed by atoms with Crippen LogP contribution in [0.2, 0.25) is 0 Å². The van der Waals surface area contributed by atoms with Crippen molar-refractivity contribution in [3.8, 4) is 0 Å². The third kappa shape index (κ3) is 7.24. The van der Waals surface area contributed by atoms with Crippen LogP contribution in [0.1, 0.15) is 33.3 Å². The summed E-state index contributed by atoms with van der Waals surface area (Å²) in [5, 5.41) is 4.77. The molecule has 1 fully saturated rings. The quantitative estimate of drug-likeness (QED) is 0.439. The van der Waals surface area contributed by atoms with Crippen molar-refractivity contribution in [2.24, 2.45) is 0 Å². The summed E-state index contributed by atoms with van der Waals surface area (Å²) in [6, 6.07) is 12.7. The van der Waals surface area contributed by atoms with Crippen LogP contribution in [0, 0.1) is 0 Å². The van der Waals surface area contributed by atoms with Crippen molar-refractivity contribution >= 4 is 34.6 Å². The minimum absolute atomic E-state index is 0.108. The zero-order valence-electron chi connectivity index (χ0n) is 20.0. The van der Waals surface area contributed by atoms with E-state index in [4.69, 9.17) is 23.7 Å². The van der Waals surface area contributed by atoms with Gasteiger partial charge in [-0.1, -0.05) is 36.4 Å². The first-order valence-corrected chi connectivity index (χ1v) is 11.1. The number of carbonyl (C=O) groups is 4. The summed E-state index contributed by atoms with van der Waals surface area (Å²) in [6.07, 6.45) is -4.44. The molecule has 0 saturated carbocycles. The zero-order valence-corrected chi connectivity index (χ0v) is 20.0. The first-order valence-electron chi connectivity index (χ1n) is 11.1. The van der Waals surface area contributed by atoms with Crippen molar-refractivity contribution in [3.05, 3.63) is 48.0 Å². The van der Waals surface area contributed by atoms with Gasteiger partial charge in [0.1, 0.15) is 18.8 Å². The molecule has 0 unspecified atom stereocenters. The number of fused-ring (bicyclic) bond motifs is 1. The topological polar surface area (TPSA) is 126 Å². The van der Waals surface area contributed by atoms with Gasteiger partial charge in [0, 0.05) is 27.7 Å². The monoisotopic (exact) mass is 487 g/mol. The molecular formula is C25H29NO9. The summed E-state index contributed by atoms with van der Waals surface area (Å²) < 4.78 is 28.0. The molecule has 1 aliphatic rings. The molecule has 0 aromatic heterocycles. The molecule has 10 nitrogen and oxygen atoms in total. The Labute approximate surface area is 202 Å². The minimum Gasteiger partial charge on any atom is -0.463 e. The molecule has 1 amide bonds. The lowest BCUT2D eigenvalue weighted by atomic mass is 9.96. The van der Waals surface area contributed by atoms with Gasteiger partial charge in [0.2, 0.25) is 5.91 Å². The summed E-state index contributed by atoms with van der Waals surface area (Å²) in [6.45, 7) is 4.71. The molecule has 0 bridgehead atoms. The third-order valence-corrected chi connectivity index (χ3v) is 5.30. The largest absolute Gasteiger partial charge is 0.463 e. The Morgan fingerprint density at radius 3 is 2.14 bits per heavy atom. The summed E-state index contributed by atoms with van der Waals surface area (Å²) >= 11 is 0. The van der Waals surface area contributed by atoms with Crippen LogP contribution in [-0.2, 0) is 49.5 Å². The van der Waals surface area contributed by atoms with E-state index in [1.165, 1.54) is 27.7 Å². The van der Waals surface area contributed by atoms with Gasteiger partial charge in [-0.2, -0.15) is 0 Å². The summed E-state index contributed by atoms with van der Waals surface area (Å²) in [5.74, 6) is -2.34. The standard InChI is InChI=1S/C25H29NO9/c1-14(27)26-22-24(34-17(4)30)23(33-16(3)29)21(13-31-15(2)28)35-25(22)32-12-18-9-10-19-7-5-6-8-20(19)11-18/h5-11,21-25H,12-13H2,1-4H3,(H,26,27)/t21-,22+,23-,24-,25-/m1/s1. The van der Waals surface area contributed by atoms with Crippen molar-refractivity contribution in [1.29, 1.82) is 0 Å². The smallest absolute Gasteiger partial charge is 0.303 e. The Balaban J connectivity index is 1.90. The number of hydrogen-bond donors (Lipinski definition) is 1. The van der Waals surface area contributed by atoms with Gasteiger partial charge in [0.05, 0.1) is 6.61 Å². The fraction of sp³-hybridized carbons (Fsp3) is 0.440. The number of hydrogen-bond acceptors (Lipinski definition) is 9. The second-order valence-electron chi connectivity index (χ2n) is 8.21. The zero-order chi connectivity index (χ0) is 25.5. The Hall–Kier alpha value is -3.50. The molecule has 0 spiro atoms. The summed E-state index contributed by atoms with van der Waals surface area (Å²) in [5.41, 5.74) is 0.844. The second kappa shape index (κ2) is 11.8. The molecule has 2 aromatic carbocycles. The van der Waals surface area contributed by atoms with Crippen molar-refractivity contribution in [2.75, 3.05) is 6.61 Å². The van der Waals surface area contributed by atoms with E-state index in [2.05, 4.69) is 5.32 Å². The fourth-order valence-corrected chi connectivity index (χ4v) is 3.94. The van der Waals surface area contributed by atoms with Gasteiger partial charge >= 0.3 is 17.9 Å². The van der Waals surface area contributed by atoms with Crippen LogP contribution in [0.4, 0.5) is 0 Å². The van der Waals surface area contributed by atoms with E-state index in [0.29, 0.717) is 0 Å². The number of rotatable bonds is 8. The highest BCUT2D eigenvalue weighted by atomic mass is 16.7. The Morgan fingerprint density at radius 2 is 1.51 bits per heavy atom. The molecule has 1 N–H and O–H groups in total. The van der Waals surface area contributed by atoms with Gasteiger partial charge in [-0.3, -0.25) is 19.2 Å². The predicted octanol–water partition coefficient (Wildman–Crippen LogP) is 2.01. The van der Waals surface area contributed by atoms with Gasteiger partial charge in [0.25, 0.3) is 0 Å². The SMILES string of the molecule is CC(=O)N[C@@H]1[C@H](OCc2ccc3ccccc3c2)O[C@H](COC(C)=O)[C@@H](OC(C)=O)[C@@H]1OC(C)=O. The van der Waals surface area contributed by atoms with Crippen LogP contribution in [0.5, 0.6) is 0 Å². The van der Waals surface area contributed by atoms with Crippen molar-refractivity contribution < 1.29 is 42.9 Å². The molecule has 35 heavy (non-hydrogen) atoms. The molecule has 1 aliphatic heterocycles. The van der Waals surface area contributed by atoms with Crippen molar-refractivity contribution in [1.82, 2.24) is 5.32 Å². The van der Waals surface area contributed by atoms with Crippen molar-refractivity contribution in [3.63, 3.8) is 0 Å². The molecule has 5 atom stereocenters. The van der Waals surface area contributed by atoms with Crippen molar-refractivity contribution in [2.45, 2.75) is 64.9 Å². The lowest BCUT2D eigenvalue weighted by molar-refractivity contribution is -0.280. The van der Waals surface area contributed by atoms with E-state index in [9.17, 15) is 19.2 Å². The maximum absolute atomic E-state index is 12.0. The van der Waals surface area contributed by atoms with Gasteiger partial charge in [-0.05, 0) is 22.4 Å². The molecule has 0 aliphatic carbocycles. The maximum atomic E-state index is 12.0. The van der Waals surface area contributed by atoms with Crippen LogP contribution in [-0.4, -0.2) is 61.1 Å². The third-order valence-electron chi connectivity index (χ3n) is 5.30. The van der Waals surface area contributed by atoms with Gasteiger partial charge < -0.3 is 29.0 Å². The van der Waals surface area contributed by atoms with Crippen LogP contribution in [0.3, 0.4) is 0 Å². The average Bonchev–Trinajstić information content (AvgIpc) is 2.78. The predicted molar refractivity (Wildman–Crippen MR) is 123 cm³/mol. The van der Waals surface area contributed by atoms with Gasteiger partial charge in [-0.15, -0.1) is 0 Å². The van der Waals surface area contributed by atoms with E-state index < -0.39 is 54.5 Å². The number of benzene rings is 2. The van der Waals surface area contributed by atoms with E-state index >= 15 is 0 Å². The summed E-state index contributed by atoms with van der Waals surface area (Å²) in [7, 11) is 0. The van der Waals surface area contributed by atoms with E-state index in [1.807, 2.05) is 42.5 Å². The minimum atomic E-state index is -1.16. The molecule has 188 valence electrons. The van der Waals surface area contributed by atoms with Crippen LogP contribution >= 0.6 is 0 Å². The molecule has 3 rings (SSSR count). The fourth-order valence-electron chi connectivity index (χ4n) is 3.94. The summed E-state index contributed by atoms with van der Waals surface area (Å²) in [4.78, 5) is 47.1. The first kappa shape index (κ1) is 26.1. The Bertz CT molecular complexity index is 1090. The maximum Gasteiger partial charge on any atom is 0.303 e. The van der Waals surface area contributed by atoms with Crippen LogP contribution in [0.15, 0.2) is 42.5 Å². The number of amides is 1. The first-order chi connectivity index (χ1) is 16.6. The molecule has 0 radical (unpaired) electrons. The highest BCUT2D eigenvalue weighted by Gasteiger charge is 2.51. The highest BCUT2D eigenvalue weighted by Crippen LogP contribution is 2.29. The normalized spacial score (nSPS) is 23.8. The highest BCUT2D eigenvalue weighted by molar-refractivity contribution is 5.83. The molecular weight excluding hydrogens is 458 g/mol. The number of ether oxygens (including phenoxy) is 5. The van der Waals surface area contributed by atoms with E-state index in [-0.39, 0.29) is 13.2 Å². The van der Waals surface area contributed by atoms with Gasteiger partial charge in [-0.25, -0.2) is 0 Å². The average molecular weight is 488 g/mol. The second-order valence-corrected chi connectivity index (χ2v) is 8.21. The van der Waals surface area contributed by atoms with Gasteiger partial charge in [0.15, 0.2) is 18.5 Å². The molecule has 10 heteroatoms. The van der Waals surface area contributed by atoms with E-state index in [1.54, 1.807) is 0 Å². The number of esters is 3. The molecule has 1 heterocycles. The molecule has 1 saturated heterocycles. The lowest BCUT2D eigenvalue weighted by Gasteiger charge is -2.44. The van der Waals surface area contributed by atoms with Crippen LogP contribution < -0.4 is 5.32 Å². The van der Waals surface area contributed by atoms with Crippen LogP contribution in [0.25, 0.3) is 10.8 Å². The van der Waals surface area contributed by atoms with E-state index in [0.717, 1.165) is 16.3 Å².